The Morgan fingerprint density at radius 1 is 1.39 bits per heavy atom. The van der Waals surface area contributed by atoms with Gasteiger partial charge in [0.05, 0.1) is 5.56 Å². The van der Waals surface area contributed by atoms with Gasteiger partial charge in [-0.25, -0.2) is 4.79 Å². The number of thiophene rings is 1. The Morgan fingerprint density at radius 2 is 2.11 bits per heavy atom. The largest absolute Gasteiger partial charge is 0.458 e. The smallest absolute Gasteiger partial charge is 0.341 e. The fraction of sp³-hybridized carbons (Fsp3) is 0.0714. The van der Waals surface area contributed by atoms with Gasteiger partial charge in [-0.05, 0) is 11.6 Å². The van der Waals surface area contributed by atoms with E-state index in [-0.39, 0.29) is 6.61 Å². The molecule has 0 atom stereocenters. The minimum absolute atomic E-state index is 0.189. The molecule has 0 amide bonds. The number of nitrogens with two attached hydrogens (primary N) is 1. The van der Waals surface area contributed by atoms with Crippen LogP contribution in [-0.4, -0.2) is 12.6 Å². The minimum atomic E-state index is -0.411. The van der Waals surface area contributed by atoms with Crippen LogP contribution in [0.5, 0.6) is 0 Å². The Labute approximate surface area is 110 Å². The second-order valence-electron chi connectivity index (χ2n) is 3.64. The lowest BCUT2D eigenvalue weighted by atomic mass is 10.1. The van der Waals surface area contributed by atoms with Crippen molar-refractivity contribution < 1.29 is 9.53 Å². The van der Waals surface area contributed by atoms with E-state index in [0.29, 0.717) is 10.6 Å². The number of ether oxygens (including phenoxy) is 1. The van der Waals surface area contributed by atoms with Gasteiger partial charge < -0.3 is 10.5 Å². The second-order valence-corrected chi connectivity index (χ2v) is 4.73. The van der Waals surface area contributed by atoms with Crippen LogP contribution in [0.4, 0.5) is 5.00 Å². The maximum absolute atomic E-state index is 11.7. The van der Waals surface area contributed by atoms with Crippen LogP contribution in [-0.2, 0) is 4.74 Å². The molecule has 0 unspecified atom stereocenters. The third kappa shape index (κ3) is 2.60. The van der Waals surface area contributed by atoms with Crippen LogP contribution < -0.4 is 5.73 Å². The average molecular weight is 259 g/mol. The van der Waals surface area contributed by atoms with Gasteiger partial charge in [0.15, 0.2) is 0 Å². The molecule has 0 aliphatic carbocycles. The van der Waals surface area contributed by atoms with Gasteiger partial charge in [0.2, 0.25) is 0 Å². The normalized spacial score (nSPS) is 10.0. The molecule has 1 heterocycles. The van der Waals surface area contributed by atoms with Crippen LogP contribution in [0.2, 0.25) is 0 Å². The van der Waals surface area contributed by atoms with Gasteiger partial charge in [-0.1, -0.05) is 43.0 Å². The number of carbonyl (C=O) groups is 1. The molecule has 0 radical (unpaired) electrons. The molecular formula is C14H13NO2S. The summed E-state index contributed by atoms with van der Waals surface area (Å²) in [5.74, 6) is -0.411. The van der Waals surface area contributed by atoms with Crippen LogP contribution in [0, 0.1) is 0 Å². The van der Waals surface area contributed by atoms with Crippen molar-refractivity contribution >= 4 is 22.3 Å². The highest BCUT2D eigenvalue weighted by atomic mass is 32.1. The number of benzene rings is 1. The molecule has 0 spiro atoms. The molecule has 4 heteroatoms. The number of anilines is 1. The molecule has 2 N–H and O–H groups in total. The molecule has 1 aromatic heterocycles. The van der Waals surface area contributed by atoms with Crippen molar-refractivity contribution in [1.29, 1.82) is 0 Å². The SMILES string of the molecule is C=CCOC(=O)c1cc(-c2ccccc2)sc1N. The highest BCUT2D eigenvalue weighted by Gasteiger charge is 2.15. The highest BCUT2D eigenvalue weighted by Crippen LogP contribution is 2.33. The first-order chi connectivity index (χ1) is 8.72. The van der Waals surface area contributed by atoms with Crippen molar-refractivity contribution in [2.75, 3.05) is 12.3 Å². The zero-order valence-electron chi connectivity index (χ0n) is 9.76. The van der Waals surface area contributed by atoms with Gasteiger partial charge >= 0.3 is 5.97 Å². The first kappa shape index (κ1) is 12.4. The van der Waals surface area contributed by atoms with Gasteiger partial charge in [-0.15, -0.1) is 11.3 Å². The summed E-state index contributed by atoms with van der Waals surface area (Å²) in [5.41, 5.74) is 7.30. The predicted molar refractivity (Wildman–Crippen MR) is 74.6 cm³/mol. The van der Waals surface area contributed by atoms with E-state index in [4.69, 9.17) is 10.5 Å². The van der Waals surface area contributed by atoms with Crippen LogP contribution in [0.25, 0.3) is 10.4 Å². The highest BCUT2D eigenvalue weighted by molar-refractivity contribution is 7.19. The maximum Gasteiger partial charge on any atom is 0.341 e. The first-order valence-electron chi connectivity index (χ1n) is 5.45. The topological polar surface area (TPSA) is 52.3 Å². The van der Waals surface area contributed by atoms with E-state index in [0.717, 1.165) is 10.4 Å². The summed E-state index contributed by atoms with van der Waals surface area (Å²) in [5, 5.41) is 0.475. The van der Waals surface area contributed by atoms with Crippen LogP contribution in [0.15, 0.2) is 49.1 Å². The molecule has 18 heavy (non-hydrogen) atoms. The number of nitrogen functional groups attached to an aromatic ring is 1. The third-order valence-electron chi connectivity index (χ3n) is 2.37. The summed E-state index contributed by atoms with van der Waals surface area (Å²) in [7, 11) is 0. The van der Waals surface area contributed by atoms with E-state index in [1.165, 1.54) is 17.4 Å². The lowest BCUT2D eigenvalue weighted by molar-refractivity contribution is 0.0551. The van der Waals surface area contributed by atoms with Crippen molar-refractivity contribution in [2.45, 2.75) is 0 Å². The van der Waals surface area contributed by atoms with Crippen molar-refractivity contribution in [3.8, 4) is 10.4 Å². The number of carbonyl (C=O) groups excluding carboxylic acids is 1. The Kier molecular flexibility index (Phi) is 3.79. The van der Waals surface area contributed by atoms with Crippen LogP contribution in [0.3, 0.4) is 0 Å². The van der Waals surface area contributed by atoms with E-state index in [2.05, 4.69) is 6.58 Å². The number of esters is 1. The molecule has 2 rings (SSSR count). The second kappa shape index (κ2) is 5.51. The summed E-state index contributed by atoms with van der Waals surface area (Å²) in [6, 6.07) is 11.6. The Bertz CT molecular complexity index is 560. The zero-order valence-corrected chi connectivity index (χ0v) is 10.6. The van der Waals surface area contributed by atoms with E-state index in [1.807, 2.05) is 30.3 Å². The molecule has 2 aromatic rings. The molecule has 0 saturated heterocycles. The summed E-state index contributed by atoms with van der Waals surface area (Å²) >= 11 is 1.38. The quantitative estimate of drug-likeness (QED) is 0.676. The number of hydrogen-bond acceptors (Lipinski definition) is 4. The van der Waals surface area contributed by atoms with Gasteiger partial charge in [0.1, 0.15) is 11.6 Å². The van der Waals surface area contributed by atoms with Gasteiger partial charge in [0.25, 0.3) is 0 Å². The molecule has 0 saturated carbocycles. The van der Waals surface area contributed by atoms with E-state index < -0.39 is 5.97 Å². The number of rotatable bonds is 4. The van der Waals surface area contributed by atoms with Crippen molar-refractivity contribution in [3.05, 3.63) is 54.6 Å². The Morgan fingerprint density at radius 3 is 2.78 bits per heavy atom. The average Bonchev–Trinajstić information content (AvgIpc) is 2.79. The molecule has 1 aromatic carbocycles. The minimum Gasteiger partial charge on any atom is -0.458 e. The fourth-order valence-electron chi connectivity index (χ4n) is 1.52. The lowest BCUT2D eigenvalue weighted by Gasteiger charge is -1.99. The lowest BCUT2D eigenvalue weighted by Crippen LogP contribution is -2.05. The summed E-state index contributed by atoms with van der Waals surface area (Å²) in [6.07, 6.45) is 1.53. The Hall–Kier alpha value is -2.07. The van der Waals surface area contributed by atoms with Crippen LogP contribution >= 0.6 is 11.3 Å². The monoisotopic (exact) mass is 259 g/mol. The van der Waals surface area contributed by atoms with Crippen LogP contribution in [0.1, 0.15) is 10.4 Å². The molecular weight excluding hydrogens is 246 g/mol. The van der Waals surface area contributed by atoms with E-state index >= 15 is 0 Å². The van der Waals surface area contributed by atoms with Crippen molar-refractivity contribution in [2.24, 2.45) is 0 Å². The first-order valence-corrected chi connectivity index (χ1v) is 6.26. The van der Waals surface area contributed by atoms with E-state index in [9.17, 15) is 4.79 Å². The molecule has 92 valence electrons. The summed E-state index contributed by atoms with van der Waals surface area (Å²) in [6.45, 7) is 3.68. The fourth-order valence-corrected chi connectivity index (χ4v) is 2.44. The van der Waals surface area contributed by atoms with Gasteiger partial charge in [-0.2, -0.15) is 0 Å². The van der Waals surface area contributed by atoms with E-state index in [1.54, 1.807) is 6.07 Å². The van der Waals surface area contributed by atoms with Crippen molar-refractivity contribution in [1.82, 2.24) is 0 Å². The molecule has 3 nitrogen and oxygen atoms in total. The zero-order chi connectivity index (χ0) is 13.0. The molecule has 0 aliphatic rings. The Balaban J connectivity index is 2.27. The van der Waals surface area contributed by atoms with Gasteiger partial charge in [-0.3, -0.25) is 0 Å². The number of hydrogen-bond donors (Lipinski definition) is 1. The summed E-state index contributed by atoms with van der Waals surface area (Å²) in [4.78, 5) is 12.7. The van der Waals surface area contributed by atoms with Gasteiger partial charge in [0, 0.05) is 4.88 Å². The van der Waals surface area contributed by atoms with Crippen molar-refractivity contribution in [3.63, 3.8) is 0 Å². The maximum atomic E-state index is 11.7. The molecule has 0 fully saturated rings. The standard InChI is InChI=1S/C14H13NO2S/c1-2-8-17-14(16)11-9-12(18-13(11)15)10-6-4-3-5-7-10/h2-7,9H,1,8,15H2. The molecule has 0 bridgehead atoms. The molecule has 0 aliphatic heterocycles. The predicted octanol–water partition coefficient (Wildman–Crippen LogP) is 3.34. The summed E-state index contributed by atoms with van der Waals surface area (Å²) < 4.78 is 4.98. The third-order valence-corrected chi connectivity index (χ3v) is 3.38.